The molecule has 0 spiro atoms. The van der Waals surface area contributed by atoms with Crippen LogP contribution >= 0.6 is 11.8 Å². The van der Waals surface area contributed by atoms with Crippen molar-refractivity contribution in [1.29, 1.82) is 0 Å². The number of anilines is 1. The van der Waals surface area contributed by atoms with Crippen molar-refractivity contribution in [3.05, 3.63) is 48.8 Å². The van der Waals surface area contributed by atoms with E-state index >= 15 is 0 Å². The van der Waals surface area contributed by atoms with Crippen molar-refractivity contribution in [3.8, 4) is 0 Å². The highest BCUT2D eigenvalue weighted by Crippen LogP contribution is 2.51. The quantitative estimate of drug-likeness (QED) is 0.460. The molecule has 7 nitrogen and oxygen atoms in total. The summed E-state index contributed by atoms with van der Waals surface area (Å²) in [7, 11) is 0. The molecule has 2 N–H and O–H groups in total. The summed E-state index contributed by atoms with van der Waals surface area (Å²) in [5.41, 5.74) is 0. The number of nitrogens with one attached hydrogen (secondary N) is 2. The summed E-state index contributed by atoms with van der Waals surface area (Å²) in [4.78, 5) is 19.7. The van der Waals surface area contributed by atoms with Gasteiger partial charge in [-0.2, -0.15) is 0 Å². The summed E-state index contributed by atoms with van der Waals surface area (Å²) in [6.45, 7) is 9.76. The van der Waals surface area contributed by atoms with Crippen molar-refractivity contribution < 1.29 is 0 Å². The van der Waals surface area contributed by atoms with E-state index in [1.165, 1.54) is 17.7 Å². The fourth-order valence-electron chi connectivity index (χ4n) is 3.69. The van der Waals surface area contributed by atoms with E-state index in [1.54, 1.807) is 0 Å². The Kier molecular flexibility index (Phi) is 7.64. The average molecular weight is 440 g/mol. The standard InChI is InChI=1S/C23H33N7S/c1-2-24-21(28-19-23(9-10-23)31-20-7-4-3-5-8-20)25-13-14-29-15-17-30(18-16-29)22-26-11-6-12-27-22/h3-8,11-12H,2,9-10,13-19H2,1H3,(H2,24,25,28). The van der Waals surface area contributed by atoms with E-state index in [0.717, 1.165) is 64.3 Å². The highest BCUT2D eigenvalue weighted by molar-refractivity contribution is 8.01. The van der Waals surface area contributed by atoms with E-state index in [1.807, 2.05) is 30.2 Å². The van der Waals surface area contributed by atoms with Gasteiger partial charge >= 0.3 is 0 Å². The summed E-state index contributed by atoms with van der Waals surface area (Å²) < 4.78 is 0.277. The number of rotatable bonds is 9. The van der Waals surface area contributed by atoms with Gasteiger partial charge in [-0.1, -0.05) is 18.2 Å². The lowest BCUT2D eigenvalue weighted by Crippen LogP contribution is -2.49. The topological polar surface area (TPSA) is 68.7 Å². The van der Waals surface area contributed by atoms with Gasteiger partial charge in [0.05, 0.1) is 6.54 Å². The average Bonchev–Trinajstić information content (AvgIpc) is 3.58. The van der Waals surface area contributed by atoms with Gasteiger partial charge in [0.25, 0.3) is 0 Å². The zero-order valence-electron chi connectivity index (χ0n) is 18.3. The molecule has 0 amide bonds. The summed E-state index contributed by atoms with van der Waals surface area (Å²) in [6, 6.07) is 12.5. The molecule has 31 heavy (non-hydrogen) atoms. The van der Waals surface area contributed by atoms with E-state index in [-0.39, 0.29) is 4.75 Å². The third-order valence-electron chi connectivity index (χ3n) is 5.68. The summed E-state index contributed by atoms with van der Waals surface area (Å²) in [6.07, 6.45) is 6.10. The molecule has 0 atom stereocenters. The van der Waals surface area contributed by atoms with E-state index in [4.69, 9.17) is 4.99 Å². The molecule has 8 heteroatoms. The SMILES string of the molecule is CCNC(=NCC1(Sc2ccccc2)CC1)NCCN1CCN(c2ncccn2)CC1. The molecule has 0 unspecified atom stereocenters. The van der Waals surface area contributed by atoms with E-state index in [2.05, 4.69) is 67.7 Å². The largest absolute Gasteiger partial charge is 0.357 e. The molecular weight excluding hydrogens is 406 g/mol. The highest BCUT2D eigenvalue weighted by Gasteiger charge is 2.43. The van der Waals surface area contributed by atoms with Gasteiger partial charge in [0.15, 0.2) is 5.96 Å². The third-order valence-corrected chi connectivity index (χ3v) is 7.16. The minimum atomic E-state index is 0.277. The first kappa shape index (κ1) is 21.9. The Bertz CT molecular complexity index is 818. The monoisotopic (exact) mass is 439 g/mol. The zero-order chi connectivity index (χ0) is 21.4. The predicted molar refractivity (Wildman–Crippen MR) is 129 cm³/mol. The Morgan fingerprint density at radius 3 is 2.45 bits per heavy atom. The number of aromatic nitrogens is 2. The highest BCUT2D eigenvalue weighted by atomic mass is 32.2. The Morgan fingerprint density at radius 1 is 1.03 bits per heavy atom. The van der Waals surface area contributed by atoms with E-state index < -0.39 is 0 Å². The summed E-state index contributed by atoms with van der Waals surface area (Å²) in [5, 5.41) is 6.92. The first-order valence-electron chi connectivity index (χ1n) is 11.3. The Hall–Kier alpha value is -2.32. The molecule has 166 valence electrons. The number of hydrogen-bond acceptors (Lipinski definition) is 6. The van der Waals surface area contributed by atoms with E-state index in [0.29, 0.717) is 0 Å². The van der Waals surface area contributed by atoms with Crippen LogP contribution in [0.25, 0.3) is 0 Å². The fraction of sp³-hybridized carbons (Fsp3) is 0.522. The van der Waals surface area contributed by atoms with Gasteiger partial charge in [0.2, 0.25) is 5.95 Å². The van der Waals surface area contributed by atoms with Gasteiger partial charge in [-0.25, -0.2) is 9.97 Å². The Balaban J connectivity index is 1.20. The molecule has 1 aromatic heterocycles. The number of guanidine groups is 1. The van der Waals surface area contributed by atoms with Crippen LogP contribution in [0.5, 0.6) is 0 Å². The molecule has 0 bridgehead atoms. The summed E-state index contributed by atoms with van der Waals surface area (Å²) in [5.74, 6) is 1.77. The molecule has 1 saturated heterocycles. The van der Waals surface area contributed by atoms with E-state index in [9.17, 15) is 0 Å². The molecule has 1 aliphatic carbocycles. The van der Waals surface area contributed by atoms with Crippen LogP contribution in [-0.4, -0.2) is 77.9 Å². The van der Waals surface area contributed by atoms with Crippen LogP contribution in [0.4, 0.5) is 5.95 Å². The van der Waals surface area contributed by atoms with Gasteiger partial charge in [0, 0.05) is 67.8 Å². The van der Waals surface area contributed by atoms with Gasteiger partial charge in [-0.15, -0.1) is 11.8 Å². The molecule has 2 heterocycles. The molecule has 1 aliphatic heterocycles. The minimum absolute atomic E-state index is 0.277. The third kappa shape index (κ3) is 6.58. The van der Waals surface area contributed by atoms with Crippen LogP contribution in [0, 0.1) is 0 Å². The van der Waals surface area contributed by atoms with Crippen molar-refractivity contribution >= 4 is 23.7 Å². The van der Waals surface area contributed by atoms with Crippen LogP contribution in [0.2, 0.25) is 0 Å². The van der Waals surface area contributed by atoms with Crippen LogP contribution in [-0.2, 0) is 0 Å². The van der Waals surface area contributed by atoms with Gasteiger partial charge < -0.3 is 15.5 Å². The van der Waals surface area contributed by atoms with Crippen molar-refractivity contribution in [1.82, 2.24) is 25.5 Å². The molecule has 1 saturated carbocycles. The second-order valence-corrected chi connectivity index (χ2v) is 9.64. The van der Waals surface area contributed by atoms with Crippen molar-refractivity contribution in [2.24, 2.45) is 4.99 Å². The predicted octanol–water partition coefficient (Wildman–Crippen LogP) is 2.48. The lowest BCUT2D eigenvalue weighted by Gasteiger charge is -2.34. The van der Waals surface area contributed by atoms with Crippen LogP contribution < -0.4 is 15.5 Å². The molecule has 2 fully saturated rings. The number of nitrogens with zero attached hydrogens (tertiary/aromatic N) is 5. The van der Waals surface area contributed by atoms with Gasteiger partial charge in [-0.3, -0.25) is 9.89 Å². The van der Waals surface area contributed by atoms with Crippen molar-refractivity contribution in [2.75, 3.05) is 57.3 Å². The minimum Gasteiger partial charge on any atom is -0.357 e. The number of aliphatic imine (C=N–C) groups is 1. The smallest absolute Gasteiger partial charge is 0.225 e. The molecule has 2 aromatic rings. The maximum atomic E-state index is 4.91. The van der Waals surface area contributed by atoms with Gasteiger partial charge in [0.1, 0.15) is 0 Å². The van der Waals surface area contributed by atoms with Crippen molar-refractivity contribution in [2.45, 2.75) is 29.4 Å². The molecule has 4 rings (SSSR count). The maximum Gasteiger partial charge on any atom is 0.225 e. The number of hydrogen-bond donors (Lipinski definition) is 2. The first-order chi connectivity index (χ1) is 15.3. The lowest BCUT2D eigenvalue weighted by molar-refractivity contribution is 0.260. The zero-order valence-corrected chi connectivity index (χ0v) is 19.2. The molecule has 2 aliphatic rings. The molecule has 0 radical (unpaired) electrons. The first-order valence-corrected chi connectivity index (χ1v) is 12.1. The lowest BCUT2D eigenvalue weighted by atomic mass is 10.3. The number of piperazine rings is 1. The fourth-order valence-corrected chi connectivity index (χ4v) is 4.92. The van der Waals surface area contributed by atoms with Gasteiger partial charge in [-0.05, 0) is 38.0 Å². The van der Waals surface area contributed by atoms with Crippen molar-refractivity contribution in [3.63, 3.8) is 0 Å². The van der Waals surface area contributed by atoms with Crippen LogP contribution in [0.3, 0.4) is 0 Å². The normalized spacial score (nSPS) is 18.6. The molecular formula is C23H33N7S. The van der Waals surface area contributed by atoms with Crippen LogP contribution in [0.15, 0.2) is 58.7 Å². The maximum absolute atomic E-state index is 4.91. The second-order valence-electron chi connectivity index (χ2n) is 8.10. The number of benzene rings is 1. The molecule has 1 aromatic carbocycles. The van der Waals surface area contributed by atoms with Crippen LogP contribution in [0.1, 0.15) is 19.8 Å². The Morgan fingerprint density at radius 2 is 1.77 bits per heavy atom. The summed E-state index contributed by atoms with van der Waals surface area (Å²) >= 11 is 1.98. The second kappa shape index (κ2) is 10.8. The Labute approximate surface area is 189 Å². The number of thioether (sulfide) groups is 1.